The van der Waals surface area contributed by atoms with Crippen LogP contribution < -0.4 is 20.1 Å². The van der Waals surface area contributed by atoms with Gasteiger partial charge in [0.1, 0.15) is 11.5 Å². The summed E-state index contributed by atoms with van der Waals surface area (Å²) in [4.78, 5) is 27.1. The second-order valence-corrected chi connectivity index (χ2v) is 7.48. The first-order valence-electron chi connectivity index (χ1n) is 9.74. The number of carbonyl (C=O) groups is 2. The fourth-order valence-electron chi connectivity index (χ4n) is 4.31. The number of hydrogen-bond donors (Lipinski definition) is 2. The second kappa shape index (κ2) is 8.03. The zero-order chi connectivity index (χ0) is 20.4. The Balaban J connectivity index is 1.36. The molecule has 2 bridgehead atoms. The highest BCUT2D eigenvalue weighted by Gasteiger charge is 2.47. The van der Waals surface area contributed by atoms with E-state index in [-0.39, 0.29) is 29.9 Å². The lowest BCUT2D eigenvalue weighted by atomic mass is 10.0. The minimum atomic E-state index is -0.145. The number of hydrogen-bond acceptors (Lipinski definition) is 4. The van der Waals surface area contributed by atoms with Crippen molar-refractivity contribution in [1.29, 1.82) is 0 Å². The maximum atomic E-state index is 12.8. The van der Waals surface area contributed by atoms with Crippen LogP contribution in [0.15, 0.2) is 48.5 Å². The van der Waals surface area contributed by atoms with E-state index in [9.17, 15) is 9.59 Å². The molecule has 2 N–H and O–H groups in total. The van der Waals surface area contributed by atoms with Crippen molar-refractivity contribution in [2.45, 2.75) is 24.9 Å². The summed E-state index contributed by atoms with van der Waals surface area (Å²) in [7, 11) is 3.14. The summed E-state index contributed by atoms with van der Waals surface area (Å²) >= 11 is 0. The number of anilines is 1. The predicted octanol–water partition coefficient (Wildman–Crippen LogP) is 3.13. The van der Waals surface area contributed by atoms with Crippen LogP contribution in [-0.4, -0.2) is 49.7 Å². The third-order valence-electron chi connectivity index (χ3n) is 5.81. The van der Waals surface area contributed by atoms with E-state index in [0.717, 1.165) is 12.8 Å². The molecule has 1 heterocycles. The Labute approximate surface area is 170 Å². The van der Waals surface area contributed by atoms with E-state index in [1.807, 2.05) is 35.2 Å². The number of urea groups is 1. The van der Waals surface area contributed by atoms with Crippen molar-refractivity contribution in [3.8, 4) is 11.5 Å². The maximum Gasteiger partial charge on any atom is 0.322 e. The van der Waals surface area contributed by atoms with Crippen molar-refractivity contribution in [2.24, 2.45) is 5.92 Å². The monoisotopic (exact) mass is 395 g/mol. The number of fused-ring (bicyclic) bond motifs is 2. The molecule has 152 valence electrons. The summed E-state index contributed by atoms with van der Waals surface area (Å²) in [5.74, 6) is 1.44. The Bertz CT molecular complexity index is 902. The molecular weight excluding hydrogens is 370 g/mol. The van der Waals surface area contributed by atoms with E-state index in [1.54, 1.807) is 32.4 Å². The normalized spacial score (nSPS) is 22.3. The van der Waals surface area contributed by atoms with Gasteiger partial charge in [-0.15, -0.1) is 0 Å². The van der Waals surface area contributed by atoms with Crippen LogP contribution in [0.25, 0.3) is 0 Å². The number of likely N-dealkylation sites (tertiary alicyclic amines) is 1. The van der Waals surface area contributed by atoms with Crippen molar-refractivity contribution in [1.82, 2.24) is 10.2 Å². The molecule has 7 heteroatoms. The van der Waals surface area contributed by atoms with E-state index < -0.39 is 0 Å². The van der Waals surface area contributed by atoms with Gasteiger partial charge < -0.3 is 25.0 Å². The number of amides is 3. The van der Waals surface area contributed by atoms with E-state index in [2.05, 4.69) is 10.6 Å². The minimum absolute atomic E-state index is 0.0536. The van der Waals surface area contributed by atoms with Crippen LogP contribution in [0.2, 0.25) is 0 Å². The quantitative estimate of drug-likeness (QED) is 0.815. The van der Waals surface area contributed by atoms with Crippen LogP contribution in [0.1, 0.15) is 23.2 Å². The van der Waals surface area contributed by atoms with Crippen molar-refractivity contribution in [2.75, 3.05) is 26.1 Å². The number of carbonyl (C=O) groups excluding carboxylic acids is 2. The van der Waals surface area contributed by atoms with Gasteiger partial charge in [0.25, 0.3) is 5.91 Å². The summed E-state index contributed by atoms with van der Waals surface area (Å²) in [5.41, 5.74) is 1.27. The van der Waals surface area contributed by atoms with Gasteiger partial charge in [-0.25, -0.2) is 4.79 Å². The smallest absolute Gasteiger partial charge is 0.322 e. The van der Waals surface area contributed by atoms with Crippen LogP contribution in [0.5, 0.6) is 11.5 Å². The lowest BCUT2D eigenvalue weighted by Crippen LogP contribution is -2.48. The third-order valence-corrected chi connectivity index (χ3v) is 5.81. The van der Waals surface area contributed by atoms with Crippen molar-refractivity contribution >= 4 is 17.6 Å². The van der Waals surface area contributed by atoms with E-state index in [4.69, 9.17) is 9.47 Å². The molecule has 2 fully saturated rings. The Hall–Kier alpha value is -3.22. The molecule has 3 amide bonds. The summed E-state index contributed by atoms with van der Waals surface area (Å²) in [6.45, 7) is 0.634. The molecule has 1 saturated heterocycles. The third kappa shape index (κ3) is 3.85. The van der Waals surface area contributed by atoms with Gasteiger partial charge in [0.05, 0.1) is 19.9 Å². The minimum Gasteiger partial charge on any atom is -0.497 e. The number of methoxy groups -OCH3 is 2. The average Bonchev–Trinajstić information content (AvgIpc) is 3.35. The fraction of sp³-hybridized carbons (Fsp3) is 0.364. The first kappa shape index (κ1) is 19.1. The number of nitrogens with zero attached hydrogens (tertiary/aromatic N) is 1. The summed E-state index contributed by atoms with van der Waals surface area (Å²) in [6.07, 6.45) is 1.68. The molecule has 0 spiro atoms. The van der Waals surface area contributed by atoms with Crippen LogP contribution >= 0.6 is 0 Å². The van der Waals surface area contributed by atoms with Gasteiger partial charge in [-0.05, 0) is 43.0 Å². The first-order chi connectivity index (χ1) is 14.1. The number of piperidine rings is 1. The van der Waals surface area contributed by atoms with Gasteiger partial charge in [-0.3, -0.25) is 4.79 Å². The number of benzene rings is 2. The first-order valence-corrected chi connectivity index (χ1v) is 9.74. The predicted molar refractivity (Wildman–Crippen MR) is 109 cm³/mol. The van der Waals surface area contributed by atoms with E-state index >= 15 is 0 Å². The molecule has 2 aromatic carbocycles. The topological polar surface area (TPSA) is 79.9 Å². The fourth-order valence-corrected chi connectivity index (χ4v) is 4.31. The summed E-state index contributed by atoms with van der Waals surface area (Å²) in [5, 5.41) is 6.08. The lowest BCUT2D eigenvalue weighted by Gasteiger charge is -2.32. The van der Waals surface area contributed by atoms with E-state index in [1.165, 1.54) is 0 Å². The molecule has 1 aliphatic heterocycles. The van der Waals surface area contributed by atoms with Crippen molar-refractivity contribution < 1.29 is 19.1 Å². The molecule has 1 saturated carbocycles. The maximum absolute atomic E-state index is 12.8. The van der Waals surface area contributed by atoms with Crippen LogP contribution in [0, 0.1) is 5.92 Å². The highest BCUT2D eigenvalue weighted by molar-refractivity contribution is 5.94. The highest BCUT2D eigenvalue weighted by atomic mass is 16.5. The van der Waals surface area contributed by atoms with E-state index in [0.29, 0.717) is 29.3 Å². The molecule has 2 aromatic rings. The highest BCUT2D eigenvalue weighted by Crippen LogP contribution is 2.39. The van der Waals surface area contributed by atoms with Gasteiger partial charge in [-0.2, -0.15) is 0 Å². The summed E-state index contributed by atoms with van der Waals surface area (Å²) in [6, 6.07) is 14.6. The number of rotatable bonds is 5. The Kier molecular flexibility index (Phi) is 5.29. The molecular formula is C22H25N3O4. The van der Waals surface area contributed by atoms with Crippen LogP contribution in [0.3, 0.4) is 0 Å². The molecule has 0 radical (unpaired) electrons. The molecule has 7 nitrogen and oxygen atoms in total. The molecule has 0 aromatic heterocycles. The van der Waals surface area contributed by atoms with Crippen molar-refractivity contribution in [3.05, 3.63) is 54.1 Å². The number of ether oxygens (including phenoxy) is 2. The van der Waals surface area contributed by atoms with Gasteiger partial charge >= 0.3 is 6.03 Å². The molecule has 4 rings (SSSR count). The van der Waals surface area contributed by atoms with Crippen LogP contribution in [0.4, 0.5) is 10.5 Å². The molecule has 1 aliphatic carbocycles. The Morgan fingerprint density at radius 3 is 2.48 bits per heavy atom. The Morgan fingerprint density at radius 2 is 1.83 bits per heavy atom. The second-order valence-electron chi connectivity index (χ2n) is 7.48. The largest absolute Gasteiger partial charge is 0.497 e. The van der Waals surface area contributed by atoms with Gasteiger partial charge in [0.15, 0.2) is 0 Å². The number of nitrogens with one attached hydrogen (secondary N) is 2. The molecule has 3 unspecified atom stereocenters. The van der Waals surface area contributed by atoms with Crippen LogP contribution in [-0.2, 0) is 0 Å². The SMILES string of the molecule is COc1ccc(NC(=O)N2CC3CC2CC3NC(=O)c2ccccc2)c(OC)c1. The van der Waals surface area contributed by atoms with Gasteiger partial charge in [0, 0.05) is 30.3 Å². The van der Waals surface area contributed by atoms with Gasteiger partial charge in [0.2, 0.25) is 0 Å². The lowest BCUT2D eigenvalue weighted by molar-refractivity contribution is 0.0915. The Morgan fingerprint density at radius 1 is 1.03 bits per heavy atom. The summed E-state index contributed by atoms with van der Waals surface area (Å²) < 4.78 is 10.5. The zero-order valence-electron chi connectivity index (χ0n) is 16.6. The molecule has 29 heavy (non-hydrogen) atoms. The average molecular weight is 395 g/mol. The standard InChI is InChI=1S/C22H25N3O4/c1-28-17-8-9-18(20(12-17)29-2)24-22(27)25-13-15-10-16(25)11-19(15)23-21(26)14-6-4-3-5-7-14/h3-9,12,15-16,19H,10-11,13H2,1-2H3,(H,23,26)(H,24,27). The molecule has 3 atom stereocenters. The molecule has 2 aliphatic rings. The van der Waals surface area contributed by atoms with Gasteiger partial charge in [-0.1, -0.05) is 18.2 Å². The zero-order valence-corrected chi connectivity index (χ0v) is 16.6. The van der Waals surface area contributed by atoms with Crippen molar-refractivity contribution in [3.63, 3.8) is 0 Å².